The Balaban J connectivity index is 1.33. The van der Waals surface area contributed by atoms with Gasteiger partial charge in [0.2, 0.25) is 11.8 Å². The lowest BCUT2D eigenvalue weighted by Gasteiger charge is -2.29. The molecule has 2 heterocycles. The smallest absolute Gasteiger partial charge is 0.240 e. The first kappa shape index (κ1) is 40.8. The van der Waals surface area contributed by atoms with Gasteiger partial charge in [-0.25, -0.2) is 9.97 Å². The Morgan fingerprint density at radius 2 is 1.10 bits per heavy atom. The molecule has 0 spiro atoms. The van der Waals surface area contributed by atoms with Gasteiger partial charge in [0.25, 0.3) is 0 Å². The van der Waals surface area contributed by atoms with Crippen LogP contribution in [-0.2, 0) is 9.59 Å². The Hall–Kier alpha value is -3.98. The number of hydrogen-bond acceptors (Lipinski definition) is 10. The number of likely N-dealkylation sites (N-methyl/N-ethyl adjacent to an activating group) is 2. The number of unbranched alkanes of at least 4 members (excludes halogenated alkanes) is 2. The maximum absolute atomic E-state index is 13.6. The zero-order valence-corrected chi connectivity index (χ0v) is 32.8. The molecular weight excluding hydrogens is 697 g/mol. The standard InChI is InChI=1S/C38H54N8O4S2/c1-7-9-17-31(35-41-21-29(43-35)25-15-11-13-19-33(25)49-5)45(3)37(47)27(39)23-51-52-24-28(40)38(48)46(4)32(18-10-8-2)36-42-22-30(44-36)26-16-12-14-20-34(26)50-6/h11-16,19-22,27-28,31-32H,7-10,17-18,23-24,39-40H2,1-6H3,(H,41,43)(H,42,44). The molecule has 0 aliphatic rings. The van der Waals surface area contributed by atoms with Gasteiger partial charge in [0, 0.05) is 36.7 Å². The number of nitrogens with one attached hydrogen (secondary N) is 2. The van der Waals surface area contributed by atoms with Gasteiger partial charge in [-0.05, 0) is 37.1 Å². The van der Waals surface area contributed by atoms with Crippen LogP contribution in [-0.4, -0.2) is 93.5 Å². The van der Waals surface area contributed by atoms with Crippen LogP contribution in [0.2, 0.25) is 0 Å². The number of benzene rings is 2. The topological polar surface area (TPSA) is 168 Å². The van der Waals surface area contributed by atoms with Gasteiger partial charge in [0.1, 0.15) is 23.1 Å². The van der Waals surface area contributed by atoms with Crippen molar-refractivity contribution >= 4 is 33.4 Å². The number of carbonyl (C=O) groups excluding carboxylic acids is 2. The van der Waals surface area contributed by atoms with Gasteiger partial charge in [0.15, 0.2) is 0 Å². The molecule has 12 nitrogen and oxygen atoms in total. The summed E-state index contributed by atoms with van der Waals surface area (Å²) in [7, 11) is 9.73. The molecule has 0 fully saturated rings. The summed E-state index contributed by atoms with van der Waals surface area (Å²) in [5, 5.41) is 0. The summed E-state index contributed by atoms with van der Waals surface area (Å²) in [6.07, 6.45) is 8.86. The molecule has 0 radical (unpaired) electrons. The van der Waals surface area contributed by atoms with E-state index in [1.165, 1.54) is 21.6 Å². The second kappa shape index (κ2) is 20.3. The van der Waals surface area contributed by atoms with Crippen molar-refractivity contribution in [3.05, 3.63) is 72.6 Å². The molecule has 14 heteroatoms. The maximum atomic E-state index is 13.6. The number of carbonyl (C=O) groups is 2. The molecule has 52 heavy (non-hydrogen) atoms. The van der Waals surface area contributed by atoms with Crippen LogP contribution in [0.4, 0.5) is 0 Å². The molecule has 0 bridgehead atoms. The maximum Gasteiger partial charge on any atom is 0.240 e. The van der Waals surface area contributed by atoms with E-state index in [1.807, 2.05) is 48.5 Å². The highest BCUT2D eigenvalue weighted by Gasteiger charge is 2.30. The van der Waals surface area contributed by atoms with Gasteiger partial charge in [-0.2, -0.15) is 0 Å². The first-order chi connectivity index (χ1) is 25.1. The van der Waals surface area contributed by atoms with Crippen molar-refractivity contribution in [3.8, 4) is 34.0 Å². The van der Waals surface area contributed by atoms with E-state index >= 15 is 0 Å². The van der Waals surface area contributed by atoms with E-state index in [4.69, 9.17) is 20.9 Å². The van der Waals surface area contributed by atoms with Crippen molar-refractivity contribution in [3.63, 3.8) is 0 Å². The fraction of sp³-hybridized carbons (Fsp3) is 0.474. The summed E-state index contributed by atoms with van der Waals surface area (Å²) >= 11 is 0. The van der Waals surface area contributed by atoms with Crippen LogP contribution in [0.5, 0.6) is 11.5 Å². The lowest BCUT2D eigenvalue weighted by atomic mass is 10.1. The highest BCUT2D eigenvalue weighted by atomic mass is 33.1. The molecule has 282 valence electrons. The summed E-state index contributed by atoms with van der Waals surface area (Å²) < 4.78 is 11.1. The second-order valence-corrected chi connectivity index (χ2v) is 15.3. The quantitative estimate of drug-likeness (QED) is 0.0538. The van der Waals surface area contributed by atoms with Crippen LogP contribution in [0, 0.1) is 0 Å². The lowest BCUT2D eigenvalue weighted by molar-refractivity contribution is -0.134. The number of nitrogens with two attached hydrogens (primary N) is 2. The van der Waals surface area contributed by atoms with E-state index in [0.29, 0.717) is 23.2 Å². The van der Waals surface area contributed by atoms with E-state index in [2.05, 4.69) is 33.8 Å². The number of aromatic amines is 2. The van der Waals surface area contributed by atoms with E-state index in [-0.39, 0.29) is 23.9 Å². The molecule has 0 saturated carbocycles. The molecular formula is C38H54N8O4S2. The Morgan fingerprint density at radius 1 is 0.712 bits per heavy atom. The summed E-state index contributed by atoms with van der Waals surface area (Å²) in [5.74, 6) is 3.28. The van der Waals surface area contributed by atoms with Crippen LogP contribution >= 0.6 is 21.6 Å². The third-order valence-electron chi connectivity index (χ3n) is 9.12. The fourth-order valence-electron chi connectivity index (χ4n) is 6.06. The third kappa shape index (κ3) is 10.3. The van der Waals surface area contributed by atoms with E-state index in [9.17, 15) is 9.59 Å². The molecule has 0 saturated heterocycles. The van der Waals surface area contributed by atoms with E-state index < -0.39 is 12.1 Å². The molecule has 4 rings (SSSR count). The van der Waals surface area contributed by atoms with Crippen LogP contribution in [0.3, 0.4) is 0 Å². The van der Waals surface area contributed by atoms with Crippen molar-refractivity contribution in [2.75, 3.05) is 39.8 Å². The summed E-state index contributed by atoms with van der Waals surface area (Å²) in [6.45, 7) is 4.24. The number of aromatic nitrogens is 4. The number of amides is 2. The summed E-state index contributed by atoms with van der Waals surface area (Å²) in [6, 6.07) is 13.5. The Bertz CT molecular complexity index is 1590. The number of hydrogen-bond donors (Lipinski definition) is 4. The Kier molecular flexibility index (Phi) is 15.9. The normalized spacial score (nSPS) is 13.6. The van der Waals surface area contributed by atoms with Gasteiger partial charge in [-0.1, -0.05) is 85.4 Å². The van der Waals surface area contributed by atoms with Crippen molar-refractivity contribution < 1.29 is 19.1 Å². The number of methoxy groups -OCH3 is 2. The molecule has 4 aromatic rings. The number of H-pyrrole nitrogens is 2. The number of rotatable bonds is 21. The van der Waals surface area contributed by atoms with Crippen molar-refractivity contribution in [2.45, 2.75) is 76.5 Å². The third-order valence-corrected chi connectivity index (χ3v) is 11.6. The summed E-state index contributed by atoms with van der Waals surface area (Å²) in [4.78, 5) is 46.7. The minimum Gasteiger partial charge on any atom is -0.496 e. The molecule has 0 aliphatic carbocycles. The molecule has 4 atom stereocenters. The minimum absolute atomic E-state index is 0.172. The van der Waals surface area contributed by atoms with Crippen LogP contribution in [0.1, 0.15) is 76.1 Å². The van der Waals surface area contributed by atoms with Crippen LogP contribution in [0.15, 0.2) is 60.9 Å². The second-order valence-electron chi connectivity index (χ2n) is 12.8. The zero-order valence-electron chi connectivity index (χ0n) is 31.1. The first-order valence-corrected chi connectivity index (χ1v) is 20.3. The first-order valence-electron chi connectivity index (χ1n) is 17.8. The lowest BCUT2D eigenvalue weighted by Crippen LogP contribution is -2.45. The van der Waals surface area contributed by atoms with Gasteiger partial charge in [0.05, 0.1) is 62.2 Å². The van der Waals surface area contributed by atoms with Crippen LogP contribution in [0.25, 0.3) is 22.5 Å². The SMILES string of the molecule is CCCCC(c1ncc(-c2ccccc2OC)[nH]1)N(C)C(=O)C(N)CSSCC(N)C(=O)N(C)C(CCCC)c1ncc(-c2ccccc2OC)[nH]1. The zero-order chi connectivity index (χ0) is 37.6. The highest BCUT2D eigenvalue weighted by molar-refractivity contribution is 8.76. The van der Waals surface area contributed by atoms with E-state index in [0.717, 1.165) is 72.5 Å². The molecule has 2 amide bonds. The fourth-order valence-corrected chi connectivity index (χ4v) is 8.29. The van der Waals surface area contributed by atoms with Crippen molar-refractivity contribution in [2.24, 2.45) is 11.5 Å². The van der Waals surface area contributed by atoms with Gasteiger partial charge in [-0.3, -0.25) is 9.59 Å². The van der Waals surface area contributed by atoms with Crippen molar-refractivity contribution in [1.29, 1.82) is 0 Å². The molecule has 2 aromatic heterocycles. The Labute approximate surface area is 315 Å². The molecule has 4 unspecified atom stereocenters. The van der Waals surface area contributed by atoms with Gasteiger partial charge < -0.3 is 40.7 Å². The number of ether oxygens (including phenoxy) is 2. The number of nitrogens with zero attached hydrogens (tertiary/aromatic N) is 4. The average molecular weight is 751 g/mol. The number of para-hydroxylation sites is 2. The van der Waals surface area contributed by atoms with Crippen LogP contribution < -0.4 is 20.9 Å². The minimum atomic E-state index is -0.736. The largest absolute Gasteiger partial charge is 0.496 e. The van der Waals surface area contributed by atoms with Gasteiger partial charge >= 0.3 is 0 Å². The molecule has 6 N–H and O–H groups in total. The van der Waals surface area contributed by atoms with Crippen molar-refractivity contribution in [1.82, 2.24) is 29.7 Å². The van der Waals surface area contributed by atoms with Gasteiger partial charge in [-0.15, -0.1) is 0 Å². The predicted molar refractivity (Wildman–Crippen MR) is 212 cm³/mol. The molecule has 0 aliphatic heterocycles. The van der Waals surface area contributed by atoms with E-state index in [1.54, 1.807) is 50.5 Å². The monoisotopic (exact) mass is 750 g/mol. The number of imidazole rings is 2. The Morgan fingerprint density at radius 3 is 1.46 bits per heavy atom. The molecule has 2 aromatic carbocycles. The average Bonchev–Trinajstić information content (AvgIpc) is 3.87. The highest BCUT2D eigenvalue weighted by Crippen LogP contribution is 2.33. The summed E-state index contributed by atoms with van der Waals surface area (Å²) in [5.41, 5.74) is 16.3. The predicted octanol–water partition coefficient (Wildman–Crippen LogP) is 6.60.